The van der Waals surface area contributed by atoms with Gasteiger partial charge in [0.25, 0.3) is 0 Å². The third kappa shape index (κ3) is 2.95. The fraction of sp³-hybridized carbons (Fsp3) is 0.750. The first-order valence-electron chi connectivity index (χ1n) is 8.10. The van der Waals surface area contributed by atoms with Gasteiger partial charge in [0, 0.05) is 24.5 Å². The standard InChI is InChI=1S/C16H25BrN4/c1-4-7-18-16-14(17)10(2)19-15(20-16)11-8-12-5-6-13(9-11)21(12)3/h11-13H,4-9H2,1-3H3,(H,18,19,20). The molecule has 0 aromatic carbocycles. The molecule has 5 heteroatoms. The number of hydrogen-bond acceptors (Lipinski definition) is 4. The zero-order chi connectivity index (χ0) is 15.0. The summed E-state index contributed by atoms with van der Waals surface area (Å²) in [5.74, 6) is 2.53. The molecule has 1 aromatic rings. The molecule has 2 unspecified atom stereocenters. The summed E-state index contributed by atoms with van der Waals surface area (Å²) in [5.41, 5.74) is 1.05. The summed E-state index contributed by atoms with van der Waals surface area (Å²) in [6.45, 7) is 5.19. The second-order valence-electron chi connectivity index (χ2n) is 6.48. The number of anilines is 1. The smallest absolute Gasteiger partial charge is 0.144 e. The number of halogens is 1. The molecule has 116 valence electrons. The Kier molecular flexibility index (Phi) is 4.50. The summed E-state index contributed by atoms with van der Waals surface area (Å²) in [6, 6.07) is 1.46. The van der Waals surface area contributed by atoms with E-state index >= 15 is 0 Å². The molecule has 0 aliphatic carbocycles. The highest BCUT2D eigenvalue weighted by Gasteiger charge is 2.40. The Balaban J connectivity index is 1.84. The van der Waals surface area contributed by atoms with E-state index in [9.17, 15) is 0 Å². The van der Waals surface area contributed by atoms with Crippen LogP contribution in [0.3, 0.4) is 0 Å². The second kappa shape index (κ2) is 6.21. The van der Waals surface area contributed by atoms with Crippen molar-refractivity contribution in [3.05, 3.63) is 16.0 Å². The summed E-state index contributed by atoms with van der Waals surface area (Å²) >= 11 is 3.62. The molecular formula is C16H25BrN4. The van der Waals surface area contributed by atoms with Gasteiger partial charge in [-0.1, -0.05) is 6.92 Å². The lowest BCUT2D eigenvalue weighted by molar-refractivity contribution is 0.159. The summed E-state index contributed by atoms with van der Waals surface area (Å²) in [5, 5.41) is 3.42. The zero-order valence-electron chi connectivity index (χ0n) is 13.2. The van der Waals surface area contributed by atoms with Gasteiger partial charge >= 0.3 is 0 Å². The van der Waals surface area contributed by atoms with Gasteiger partial charge in [0.2, 0.25) is 0 Å². The average Bonchev–Trinajstić information content (AvgIpc) is 2.70. The molecule has 2 aliphatic rings. The Labute approximate surface area is 135 Å². The first kappa shape index (κ1) is 15.2. The molecule has 0 saturated carbocycles. The predicted molar refractivity (Wildman–Crippen MR) is 89.8 cm³/mol. The van der Waals surface area contributed by atoms with Crippen molar-refractivity contribution >= 4 is 21.7 Å². The number of hydrogen-bond donors (Lipinski definition) is 1. The van der Waals surface area contributed by atoms with Gasteiger partial charge in [0.1, 0.15) is 11.6 Å². The molecular weight excluding hydrogens is 328 g/mol. The molecule has 2 saturated heterocycles. The molecule has 4 nitrogen and oxygen atoms in total. The summed E-state index contributed by atoms with van der Waals surface area (Å²) < 4.78 is 1.01. The number of fused-ring (bicyclic) bond motifs is 2. The van der Waals surface area contributed by atoms with Crippen LogP contribution in [0.2, 0.25) is 0 Å². The first-order valence-corrected chi connectivity index (χ1v) is 8.89. The number of piperidine rings is 1. The fourth-order valence-corrected chi connectivity index (χ4v) is 4.06. The van der Waals surface area contributed by atoms with Crippen LogP contribution in [0.1, 0.15) is 56.5 Å². The van der Waals surface area contributed by atoms with Crippen molar-refractivity contribution in [2.24, 2.45) is 0 Å². The minimum absolute atomic E-state index is 0.521. The molecule has 2 aliphatic heterocycles. The van der Waals surface area contributed by atoms with Crippen LogP contribution in [0.15, 0.2) is 4.47 Å². The van der Waals surface area contributed by atoms with E-state index in [4.69, 9.17) is 9.97 Å². The molecule has 1 N–H and O–H groups in total. The lowest BCUT2D eigenvalue weighted by Gasteiger charge is -2.35. The van der Waals surface area contributed by atoms with E-state index in [0.717, 1.165) is 46.9 Å². The zero-order valence-corrected chi connectivity index (χ0v) is 14.8. The maximum absolute atomic E-state index is 4.83. The van der Waals surface area contributed by atoms with E-state index in [1.807, 2.05) is 0 Å². The van der Waals surface area contributed by atoms with Gasteiger partial charge in [0.05, 0.1) is 10.2 Å². The fourth-order valence-electron chi connectivity index (χ4n) is 3.75. The van der Waals surface area contributed by atoms with Crippen molar-refractivity contribution < 1.29 is 0 Å². The quantitative estimate of drug-likeness (QED) is 0.896. The minimum Gasteiger partial charge on any atom is -0.369 e. The highest BCUT2D eigenvalue weighted by Crippen LogP contribution is 2.41. The van der Waals surface area contributed by atoms with Crippen molar-refractivity contribution in [2.75, 3.05) is 18.9 Å². The van der Waals surface area contributed by atoms with Gasteiger partial charge in [0.15, 0.2) is 0 Å². The molecule has 2 atom stereocenters. The Morgan fingerprint density at radius 3 is 2.52 bits per heavy atom. The van der Waals surface area contributed by atoms with Crippen molar-refractivity contribution in [1.82, 2.24) is 14.9 Å². The number of nitrogens with one attached hydrogen (secondary N) is 1. The minimum atomic E-state index is 0.521. The van der Waals surface area contributed by atoms with Crippen LogP contribution >= 0.6 is 15.9 Å². The van der Waals surface area contributed by atoms with Crippen LogP contribution in [-0.2, 0) is 0 Å². The van der Waals surface area contributed by atoms with E-state index in [-0.39, 0.29) is 0 Å². The number of aryl methyl sites for hydroxylation is 1. The third-order valence-corrected chi connectivity index (χ3v) is 5.99. The summed E-state index contributed by atoms with van der Waals surface area (Å²) in [6.07, 6.45) is 6.20. The van der Waals surface area contributed by atoms with Gasteiger partial charge < -0.3 is 10.2 Å². The average molecular weight is 353 g/mol. The normalized spacial score (nSPS) is 28.9. The highest BCUT2D eigenvalue weighted by molar-refractivity contribution is 9.10. The van der Waals surface area contributed by atoms with E-state index in [0.29, 0.717) is 5.92 Å². The Bertz CT molecular complexity index is 505. The maximum Gasteiger partial charge on any atom is 0.144 e. The van der Waals surface area contributed by atoms with Crippen LogP contribution in [-0.4, -0.2) is 40.5 Å². The second-order valence-corrected chi connectivity index (χ2v) is 7.27. The van der Waals surface area contributed by atoms with E-state index in [1.165, 1.54) is 25.7 Å². The Morgan fingerprint density at radius 1 is 1.24 bits per heavy atom. The topological polar surface area (TPSA) is 41.1 Å². The van der Waals surface area contributed by atoms with E-state index in [2.05, 4.69) is 47.0 Å². The molecule has 3 rings (SSSR count). The van der Waals surface area contributed by atoms with E-state index < -0.39 is 0 Å². The molecule has 0 spiro atoms. The largest absolute Gasteiger partial charge is 0.369 e. The Hall–Kier alpha value is -0.680. The number of nitrogens with zero attached hydrogens (tertiary/aromatic N) is 3. The van der Waals surface area contributed by atoms with Gasteiger partial charge in [-0.15, -0.1) is 0 Å². The van der Waals surface area contributed by atoms with Crippen molar-refractivity contribution in [3.8, 4) is 0 Å². The lowest BCUT2D eigenvalue weighted by atomic mass is 9.90. The van der Waals surface area contributed by atoms with Gasteiger partial charge in [-0.25, -0.2) is 9.97 Å². The summed E-state index contributed by atoms with van der Waals surface area (Å²) in [4.78, 5) is 12.2. The maximum atomic E-state index is 4.83. The SMILES string of the molecule is CCCNc1nc(C2CC3CCC(C2)N3C)nc(C)c1Br. The third-order valence-electron chi connectivity index (χ3n) is 5.04. The molecule has 2 bridgehead atoms. The summed E-state index contributed by atoms with van der Waals surface area (Å²) in [7, 11) is 2.28. The van der Waals surface area contributed by atoms with Gasteiger partial charge in [-0.3, -0.25) is 0 Å². The van der Waals surface area contributed by atoms with Crippen LogP contribution in [0.25, 0.3) is 0 Å². The van der Waals surface area contributed by atoms with Crippen LogP contribution in [0.5, 0.6) is 0 Å². The molecule has 0 amide bonds. The van der Waals surface area contributed by atoms with Crippen molar-refractivity contribution in [2.45, 2.75) is 64.0 Å². The molecule has 3 heterocycles. The van der Waals surface area contributed by atoms with Gasteiger partial charge in [-0.05, 0) is 62.0 Å². The molecule has 2 fully saturated rings. The highest BCUT2D eigenvalue weighted by atomic mass is 79.9. The van der Waals surface area contributed by atoms with Gasteiger partial charge in [-0.2, -0.15) is 0 Å². The number of rotatable bonds is 4. The predicted octanol–water partition coefficient (Wildman–Crippen LogP) is 3.71. The van der Waals surface area contributed by atoms with Crippen molar-refractivity contribution in [1.29, 1.82) is 0 Å². The van der Waals surface area contributed by atoms with E-state index in [1.54, 1.807) is 0 Å². The molecule has 1 aromatic heterocycles. The first-order chi connectivity index (χ1) is 10.1. The van der Waals surface area contributed by atoms with Crippen LogP contribution < -0.4 is 5.32 Å². The Morgan fingerprint density at radius 2 is 1.90 bits per heavy atom. The number of aromatic nitrogens is 2. The van der Waals surface area contributed by atoms with Crippen LogP contribution in [0.4, 0.5) is 5.82 Å². The molecule has 0 radical (unpaired) electrons. The van der Waals surface area contributed by atoms with Crippen molar-refractivity contribution in [3.63, 3.8) is 0 Å². The molecule has 21 heavy (non-hydrogen) atoms. The monoisotopic (exact) mass is 352 g/mol. The lowest BCUT2D eigenvalue weighted by Crippen LogP contribution is -2.39. The van der Waals surface area contributed by atoms with Crippen LogP contribution in [0, 0.1) is 6.92 Å².